The molecular formula is C20H23ClN2O6S. The number of sulfonamides is 1. The van der Waals surface area contributed by atoms with Crippen LogP contribution in [0.4, 0.5) is 0 Å². The van der Waals surface area contributed by atoms with Crippen LogP contribution in [0.1, 0.15) is 15.9 Å². The van der Waals surface area contributed by atoms with Gasteiger partial charge < -0.3 is 19.5 Å². The van der Waals surface area contributed by atoms with Crippen LogP contribution in [0.5, 0.6) is 17.2 Å². The normalized spacial score (nSPS) is 15.1. The molecule has 1 aliphatic rings. The van der Waals surface area contributed by atoms with Gasteiger partial charge in [0.1, 0.15) is 10.6 Å². The van der Waals surface area contributed by atoms with Gasteiger partial charge in [0.15, 0.2) is 11.5 Å². The van der Waals surface area contributed by atoms with E-state index in [-0.39, 0.29) is 47.8 Å². The Kier molecular flexibility index (Phi) is 6.44. The van der Waals surface area contributed by atoms with Crippen molar-refractivity contribution in [3.63, 3.8) is 0 Å². The Bertz CT molecular complexity index is 1070. The number of methoxy groups -OCH3 is 2. The molecule has 0 unspecified atom stereocenters. The SMILES string of the molecule is COc1cc(C(=O)N2CCN(S(=O)(=O)c3cc(C)ccc3O)CC2)cc(Cl)c1OC. The van der Waals surface area contributed by atoms with Crippen LogP contribution in [-0.2, 0) is 10.0 Å². The minimum absolute atomic E-state index is 0.114. The van der Waals surface area contributed by atoms with Crippen LogP contribution in [0.25, 0.3) is 0 Å². The van der Waals surface area contributed by atoms with E-state index in [1.165, 1.54) is 36.7 Å². The van der Waals surface area contributed by atoms with E-state index in [4.69, 9.17) is 21.1 Å². The zero-order valence-corrected chi connectivity index (χ0v) is 18.5. The van der Waals surface area contributed by atoms with Crippen molar-refractivity contribution in [1.29, 1.82) is 0 Å². The lowest BCUT2D eigenvalue weighted by molar-refractivity contribution is 0.0697. The molecule has 1 N–H and O–H groups in total. The number of phenolic OH excluding ortho intramolecular Hbond substituents is 1. The van der Waals surface area contributed by atoms with Crippen LogP contribution in [0.2, 0.25) is 5.02 Å². The number of amides is 1. The predicted octanol–water partition coefficient (Wildman–Crippen LogP) is 2.52. The molecule has 10 heteroatoms. The Balaban J connectivity index is 1.76. The van der Waals surface area contributed by atoms with Crippen molar-refractivity contribution >= 4 is 27.5 Å². The van der Waals surface area contributed by atoms with E-state index in [9.17, 15) is 18.3 Å². The average molecular weight is 455 g/mol. The van der Waals surface area contributed by atoms with E-state index in [0.717, 1.165) is 5.56 Å². The monoisotopic (exact) mass is 454 g/mol. The fourth-order valence-electron chi connectivity index (χ4n) is 3.32. The largest absolute Gasteiger partial charge is 0.507 e. The lowest BCUT2D eigenvalue weighted by Gasteiger charge is -2.34. The number of aryl methyl sites for hydroxylation is 1. The van der Waals surface area contributed by atoms with Gasteiger partial charge in [0, 0.05) is 31.7 Å². The summed E-state index contributed by atoms with van der Waals surface area (Å²) in [4.78, 5) is 14.3. The lowest BCUT2D eigenvalue weighted by Crippen LogP contribution is -2.50. The zero-order chi connectivity index (χ0) is 22.1. The van der Waals surface area contributed by atoms with Gasteiger partial charge in [-0.25, -0.2) is 8.42 Å². The van der Waals surface area contributed by atoms with Gasteiger partial charge in [-0.15, -0.1) is 0 Å². The molecule has 30 heavy (non-hydrogen) atoms. The highest BCUT2D eigenvalue weighted by Crippen LogP contribution is 2.36. The molecule has 162 valence electrons. The molecule has 0 aromatic heterocycles. The number of rotatable bonds is 5. The number of piperazine rings is 1. The van der Waals surface area contributed by atoms with E-state index in [2.05, 4.69) is 0 Å². The number of nitrogens with zero attached hydrogens (tertiary/aromatic N) is 2. The summed E-state index contributed by atoms with van der Waals surface area (Å²) in [5.41, 5.74) is 1.05. The van der Waals surface area contributed by atoms with Gasteiger partial charge in [-0.3, -0.25) is 4.79 Å². The minimum Gasteiger partial charge on any atom is -0.507 e. The Labute approximate surface area is 180 Å². The van der Waals surface area contributed by atoms with E-state index >= 15 is 0 Å². The smallest absolute Gasteiger partial charge is 0.254 e. The summed E-state index contributed by atoms with van der Waals surface area (Å²) in [5, 5.41) is 10.2. The van der Waals surface area contributed by atoms with Crippen LogP contribution in [-0.4, -0.2) is 69.0 Å². The van der Waals surface area contributed by atoms with Crippen molar-refractivity contribution in [2.45, 2.75) is 11.8 Å². The van der Waals surface area contributed by atoms with Crippen molar-refractivity contribution in [2.24, 2.45) is 0 Å². The third kappa shape index (κ3) is 4.19. The van der Waals surface area contributed by atoms with E-state index < -0.39 is 10.0 Å². The fraction of sp³-hybridized carbons (Fsp3) is 0.350. The van der Waals surface area contributed by atoms with E-state index in [1.807, 2.05) is 0 Å². The molecule has 1 amide bonds. The lowest BCUT2D eigenvalue weighted by atomic mass is 10.1. The summed E-state index contributed by atoms with van der Waals surface area (Å²) in [6, 6.07) is 7.48. The Morgan fingerprint density at radius 3 is 2.33 bits per heavy atom. The van der Waals surface area contributed by atoms with Crippen molar-refractivity contribution in [1.82, 2.24) is 9.21 Å². The molecule has 1 saturated heterocycles. The number of hydrogen-bond donors (Lipinski definition) is 1. The number of carbonyl (C=O) groups excluding carboxylic acids is 1. The summed E-state index contributed by atoms with van der Waals surface area (Å²) < 4.78 is 37.5. The Morgan fingerprint density at radius 2 is 1.73 bits per heavy atom. The first-order valence-electron chi connectivity index (χ1n) is 9.19. The van der Waals surface area contributed by atoms with E-state index in [1.54, 1.807) is 24.0 Å². The molecule has 0 spiro atoms. The maximum absolute atomic E-state index is 12.9. The number of halogens is 1. The number of benzene rings is 2. The standard InChI is InChI=1S/C20H23ClN2O6S/c1-13-4-5-16(24)18(10-13)30(26,27)23-8-6-22(7-9-23)20(25)14-11-15(21)19(29-3)17(12-14)28-2/h4-5,10-12,24H,6-9H2,1-3H3. The van der Waals surface area contributed by atoms with Crippen molar-refractivity contribution in [3.05, 3.63) is 46.5 Å². The van der Waals surface area contributed by atoms with Gasteiger partial charge in [-0.1, -0.05) is 17.7 Å². The summed E-state index contributed by atoms with van der Waals surface area (Å²) in [5.74, 6) is 0.0986. The third-order valence-corrected chi connectivity index (χ3v) is 7.15. The first kappa shape index (κ1) is 22.2. The van der Waals surface area contributed by atoms with Crippen molar-refractivity contribution < 1.29 is 27.8 Å². The van der Waals surface area contributed by atoms with Gasteiger partial charge in [0.25, 0.3) is 5.91 Å². The molecule has 0 saturated carbocycles. The molecule has 0 aliphatic carbocycles. The second-order valence-corrected chi connectivity index (χ2v) is 9.17. The van der Waals surface area contributed by atoms with Crippen LogP contribution in [0.3, 0.4) is 0 Å². The maximum Gasteiger partial charge on any atom is 0.254 e. The molecule has 2 aromatic rings. The molecule has 1 aliphatic heterocycles. The van der Waals surface area contributed by atoms with Crippen LogP contribution in [0.15, 0.2) is 35.2 Å². The minimum atomic E-state index is -3.87. The molecule has 1 fully saturated rings. The molecule has 1 heterocycles. The Morgan fingerprint density at radius 1 is 1.07 bits per heavy atom. The summed E-state index contributed by atoms with van der Waals surface area (Å²) in [6.45, 7) is 2.39. The predicted molar refractivity (Wildman–Crippen MR) is 112 cm³/mol. The van der Waals surface area contributed by atoms with Gasteiger partial charge in [-0.05, 0) is 36.8 Å². The average Bonchev–Trinajstić information content (AvgIpc) is 2.74. The van der Waals surface area contributed by atoms with Crippen molar-refractivity contribution in [2.75, 3.05) is 40.4 Å². The number of carbonyl (C=O) groups is 1. The van der Waals surface area contributed by atoms with Crippen LogP contribution in [0, 0.1) is 6.92 Å². The topological polar surface area (TPSA) is 96.4 Å². The number of ether oxygens (including phenoxy) is 2. The highest BCUT2D eigenvalue weighted by atomic mass is 35.5. The third-order valence-electron chi connectivity index (χ3n) is 4.94. The molecule has 8 nitrogen and oxygen atoms in total. The van der Waals surface area contributed by atoms with Gasteiger partial charge in [-0.2, -0.15) is 4.31 Å². The van der Waals surface area contributed by atoms with Crippen molar-refractivity contribution in [3.8, 4) is 17.2 Å². The van der Waals surface area contributed by atoms with Crippen LogP contribution < -0.4 is 9.47 Å². The molecule has 0 atom stereocenters. The second kappa shape index (κ2) is 8.71. The first-order valence-corrected chi connectivity index (χ1v) is 11.0. The quantitative estimate of drug-likeness (QED) is 0.745. The summed E-state index contributed by atoms with van der Waals surface area (Å²) >= 11 is 6.19. The van der Waals surface area contributed by atoms with Crippen LogP contribution >= 0.6 is 11.6 Å². The number of aromatic hydroxyl groups is 1. The Hall–Kier alpha value is -2.49. The second-order valence-electron chi connectivity index (χ2n) is 6.86. The molecule has 0 radical (unpaired) electrons. The fourth-order valence-corrected chi connectivity index (χ4v) is 5.20. The highest BCUT2D eigenvalue weighted by molar-refractivity contribution is 7.89. The van der Waals surface area contributed by atoms with Gasteiger partial charge in [0.05, 0.1) is 19.2 Å². The van der Waals surface area contributed by atoms with E-state index in [0.29, 0.717) is 17.1 Å². The van der Waals surface area contributed by atoms with Gasteiger partial charge in [0.2, 0.25) is 10.0 Å². The molecular weight excluding hydrogens is 432 g/mol. The summed E-state index contributed by atoms with van der Waals surface area (Å²) in [7, 11) is -0.961. The first-order chi connectivity index (χ1) is 14.2. The maximum atomic E-state index is 12.9. The number of hydrogen-bond acceptors (Lipinski definition) is 6. The summed E-state index contributed by atoms with van der Waals surface area (Å²) in [6.07, 6.45) is 0. The highest BCUT2D eigenvalue weighted by Gasteiger charge is 2.32. The van der Waals surface area contributed by atoms with Gasteiger partial charge >= 0.3 is 0 Å². The molecule has 0 bridgehead atoms. The molecule has 3 rings (SSSR count). The number of phenols is 1. The zero-order valence-electron chi connectivity index (χ0n) is 16.9. The molecule has 2 aromatic carbocycles.